The molecule has 0 radical (unpaired) electrons. The normalized spacial score (nSPS) is 23.5. The Morgan fingerprint density at radius 3 is 2.49 bits per heavy atom. The van der Waals surface area contributed by atoms with Crippen LogP contribution in [0, 0.1) is 34.3 Å². The average molecular weight is 552 g/mol. The number of aliphatic carboxylic acids is 1. The lowest BCUT2D eigenvalue weighted by molar-refractivity contribution is -0.149. The van der Waals surface area contributed by atoms with E-state index in [2.05, 4.69) is 32.2 Å². The molecule has 0 aliphatic carbocycles. The fourth-order valence-electron chi connectivity index (χ4n) is 4.99. The van der Waals surface area contributed by atoms with Gasteiger partial charge in [-0.25, -0.2) is 8.78 Å². The summed E-state index contributed by atoms with van der Waals surface area (Å²) in [5.41, 5.74) is -0.881. The van der Waals surface area contributed by atoms with Crippen molar-refractivity contribution >= 4 is 35.6 Å². The maximum Gasteiger partial charge on any atom is 0.310 e. The molecule has 6 nitrogen and oxygen atoms in total. The number of hydrogen-bond donors (Lipinski definition) is 2. The lowest BCUT2D eigenvalue weighted by Crippen LogP contribution is -2.49. The van der Waals surface area contributed by atoms with Crippen LogP contribution in [0.4, 0.5) is 8.78 Å². The van der Waals surface area contributed by atoms with Gasteiger partial charge < -0.3 is 15.3 Å². The van der Waals surface area contributed by atoms with Crippen molar-refractivity contribution in [2.24, 2.45) is 11.3 Å². The van der Waals surface area contributed by atoms with Crippen molar-refractivity contribution in [2.45, 2.75) is 44.6 Å². The molecule has 2 unspecified atom stereocenters. The van der Waals surface area contributed by atoms with Crippen LogP contribution < -0.4 is 5.32 Å². The van der Waals surface area contributed by atoms with E-state index in [1.54, 1.807) is 24.3 Å². The number of carbonyl (C=O) groups is 2. The van der Waals surface area contributed by atoms with Crippen LogP contribution in [0.25, 0.3) is 0 Å². The van der Waals surface area contributed by atoms with E-state index in [0.717, 1.165) is 0 Å². The third-order valence-electron chi connectivity index (χ3n) is 6.81. The predicted octanol–water partition coefficient (Wildman–Crippen LogP) is 5.38. The van der Waals surface area contributed by atoms with Gasteiger partial charge in [-0.1, -0.05) is 62.2 Å². The van der Waals surface area contributed by atoms with Crippen molar-refractivity contribution in [3.8, 4) is 6.07 Å². The molecule has 0 saturated carbocycles. The number of nitriles is 1. The summed E-state index contributed by atoms with van der Waals surface area (Å²) in [5.74, 6) is -2.87. The molecule has 2 aromatic rings. The van der Waals surface area contributed by atoms with Crippen LogP contribution in [0.15, 0.2) is 36.4 Å². The SMILES string of the molecule is CC(C)(C)CC1NCC(c2cccc(Cl)c2F)[C@@]1(C#N)c1ccc(Cl)cc1F.O=CN1CC(C(=O)O)C1. The van der Waals surface area contributed by atoms with Gasteiger partial charge in [-0.3, -0.25) is 9.59 Å². The van der Waals surface area contributed by atoms with E-state index in [-0.39, 0.29) is 33.0 Å². The molecule has 1 amide bonds. The van der Waals surface area contributed by atoms with E-state index in [1.165, 1.54) is 17.0 Å². The summed E-state index contributed by atoms with van der Waals surface area (Å²) in [7, 11) is 0. The Bertz CT molecular complexity index is 1210. The fourth-order valence-corrected chi connectivity index (χ4v) is 5.33. The van der Waals surface area contributed by atoms with Gasteiger partial charge in [0.25, 0.3) is 0 Å². The molecule has 2 aliphatic rings. The Kier molecular flexibility index (Phi) is 8.84. The molecular weight excluding hydrogens is 523 g/mol. The molecule has 2 N–H and O–H groups in total. The first-order chi connectivity index (χ1) is 17.3. The lowest BCUT2D eigenvalue weighted by atomic mass is 9.64. The minimum Gasteiger partial charge on any atom is -0.481 e. The van der Waals surface area contributed by atoms with Crippen LogP contribution >= 0.6 is 23.2 Å². The zero-order valence-electron chi connectivity index (χ0n) is 20.8. The van der Waals surface area contributed by atoms with Crippen molar-refractivity contribution < 1.29 is 23.5 Å². The van der Waals surface area contributed by atoms with Gasteiger partial charge in [0.1, 0.15) is 17.0 Å². The van der Waals surface area contributed by atoms with Crippen LogP contribution in [-0.2, 0) is 15.0 Å². The number of carboxylic acid groups (broad SMARTS) is 1. The second-order valence-corrected chi connectivity index (χ2v) is 11.5. The number of amides is 1. The Labute approximate surface area is 225 Å². The number of nitrogens with one attached hydrogen (secondary N) is 1. The van der Waals surface area contributed by atoms with Gasteiger partial charge in [-0.05, 0) is 35.6 Å². The number of carboxylic acids is 1. The highest BCUT2D eigenvalue weighted by Gasteiger charge is 2.55. The number of nitrogens with zero attached hydrogens (tertiary/aromatic N) is 2. The summed E-state index contributed by atoms with van der Waals surface area (Å²) in [6, 6.07) is 11.0. The van der Waals surface area contributed by atoms with Crippen LogP contribution in [0.1, 0.15) is 44.2 Å². The number of hydrogen-bond acceptors (Lipinski definition) is 4. The molecule has 37 heavy (non-hydrogen) atoms. The maximum atomic E-state index is 15.0. The molecule has 2 heterocycles. The molecule has 10 heteroatoms. The smallest absolute Gasteiger partial charge is 0.310 e. The van der Waals surface area contributed by atoms with Gasteiger partial charge >= 0.3 is 5.97 Å². The second-order valence-electron chi connectivity index (χ2n) is 10.6. The number of halogens is 4. The predicted molar refractivity (Wildman–Crippen MR) is 137 cm³/mol. The highest BCUT2D eigenvalue weighted by molar-refractivity contribution is 6.31. The standard InChI is InChI=1S/C22H22Cl2F2N2.C5H7NO3/c1-21(2,3)10-19-22(12-27,15-8-7-13(23)9-18(15)25)16(11-28-19)14-5-4-6-17(24)20(14)26;7-3-6-1-4(2-6)5(8)9/h4-9,16,19,28H,10-11H2,1-3H3;3-4H,1-2H2,(H,8,9)/t16?,19?,22-;/m1./s1. The van der Waals surface area contributed by atoms with Crippen molar-refractivity contribution in [1.29, 1.82) is 5.26 Å². The van der Waals surface area contributed by atoms with Crippen LogP contribution in [0.5, 0.6) is 0 Å². The highest BCUT2D eigenvalue weighted by atomic mass is 35.5. The molecule has 2 fully saturated rings. The molecule has 0 aromatic heterocycles. The summed E-state index contributed by atoms with van der Waals surface area (Å²) >= 11 is 11.9. The lowest BCUT2D eigenvalue weighted by Gasteiger charge is -2.37. The van der Waals surface area contributed by atoms with E-state index in [4.69, 9.17) is 28.3 Å². The summed E-state index contributed by atoms with van der Waals surface area (Å²) in [6.07, 6.45) is 1.28. The third kappa shape index (κ3) is 6.06. The minimum atomic E-state index is -1.30. The zero-order valence-corrected chi connectivity index (χ0v) is 22.3. The summed E-state index contributed by atoms with van der Waals surface area (Å²) in [6.45, 7) is 7.26. The Morgan fingerprint density at radius 2 is 1.95 bits per heavy atom. The van der Waals surface area contributed by atoms with Gasteiger partial charge in [0.05, 0.1) is 17.0 Å². The topological polar surface area (TPSA) is 93.4 Å². The molecule has 198 valence electrons. The molecule has 0 bridgehead atoms. The summed E-state index contributed by atoms with van der Waals surface area (Å²) < 4.78 is 29.9. The van der Waals surface area contributed by atoms with E-state index in [0.29, 0.717) is 38.0 Å². The molecule has 2 saturated heterocycles. The first-order valence-corrected chi connectivity index (χ1v) is 12.6. The van der Waals surface area contributed by atoms with Crippen LogP contribution in [0.3, 0.4) is 0 Å². The van der Waals surface area contributed by atoms with Gasteiger partial charge in [-0.2, -0.15) is 5.26 Å². The Hall–Kier alpha value is -2.73. The number of carbonyl (C=O) groups excluding carboxylic acids is 1. The van der Waals surface area contributed by atoms with Crippen molar-refractivity contribution in [3.63, 3.8) is 0 Å². The van der Waals surface area contributed by atoms with Gasteiger partial charge in [-0.15, -0.1) is 0 Å². The van der Waals surface area contributed by atoms with E-state index < -0.39 is 28.9 Å². The summed E-state index contributed by atoms with van der Waals surface area (Å²) in [5, 5.41) is 22.3. The van der Waals surface area contributed by atoms with Gasteiger partial charge in [0.15, 0.2) is 0 Å². The molecule has 0 spiro atoms. The molecular formula is C27H29Cl2F2N3O3. The highest BCUT2D eigenvalue weighted by Crippen LogP contribution is 2.50. The van der Waals surface area contributed by atoms with E-state index in [1.807, 2.05) is 0 Å². The minimum absolute atomic E-state index is 0.0137. The molecule has 4 rings (SSSR count). The van der Waals surface area contributed by atoms with Crippen molar-refractivity contribution in [1.82, 2.24) is 10.2 Å². The zero-order chi connectivity index (χ0) is 27.5. The monoisotopic (exact) mass is 551 g/mol. The largest absolute Gasteiger partial charge is 0.481 e. The third-order valence-corrected chi connectivity index (χ3v) is 7.34. The van der Waals surface area contributed by atoms with Crippen LogP contribution in [-0.4, -0.2) is 48.1 Å². The number of likely N-dealkylation sites (tertiary alicyclic amines) is 1. The van der Waals surface area contributed by atoms with Gasteiger partial charge in [0, 0.05) is 42.2 Å². The Balaban J connectivity index is 0.000000356. The van der Waals surface area contributed by atoms with Gasteiger partial charge in [0.2, 0.25) is 6.41 Å². The first kappa shape index (κ1) is 28.8. The molecule has 2 aliphatic heterocycles. The molecule has 2 aromatic carbocycles. The number of rotatable bonds is 5. The number of benzene rings is 2. The van der Waals surface area contributed by atoms with Crippen LogP contribution in [0.2, 0.25) is 10.0 Å². The Morgan fingerprint density at radius 1 is 1.27 bits per heavy atom. The summed E-state index contributed by atoms with van der Waals surface area (Å²) in [4.78, 5) is 21.4. The quantitative estimate of drug-likeness (QED) is 0.486. The fraction of sp³-hybridized carbons (Fsp3) is 0.444. The first-order valence-electron chi connectivity index (χ1n) is 11.8. The van der Waals surface area contributed by atoms with E-state index in [9.17, 15) is 19.2 Å². The average Bonchev–Trinajstić information content (AvgIpc) is 3.12. The maximum absolute atomic E-state index is 15.0. The second kappa shape index (κ2) is 11.3. The van der Waals surface area contributed by atoms with E-state index >= 15 is 4.39 Å². The molecule has 3 atom stereocenters. The van der Waals surface area contributed by atoms with Crippen molar-refractivity contribution in [2.75, 3.05) is 19.6 Å². The van der Waals surface area contributed by atoms with Crippen molar-refractivity contribution in [3.05, 3.63) is 69.2 Å².